The number of amides is 4. The van der Waals surface area contributed by atoms with Crippen molar-refractivity contribution in [3.8, 4) is 11.5 Å². The van der Waals surface area contributed by atoms with Crippen LogP contribution in [-0.2, 0) is 19.2 Å². The molecule has 3 N–H and O–H groups in total. The van der Waals surface area contributed by atoms with E-state index in [2.05, 4.69) is 0 Å². The number of rotatable bonds is 6. The lowest BCUT2D eigenvalue weighted by Crippen LogP contribution is -2.49. The van der Waals surface area contributed by atoms with Crippen molar-refractivity contribution >= 4 is 53.7 Å². The van der Waals surface area contributed by atoms with E-state index in [1.54, 1.807) is 48.5 Å². The van der Waals surface area contributed by atoms with Crippen molar-refractivity contribution in [2.45, 2.75) is 19.8 Å². The standard InChI is InChI=1S/C36H33BN2O8/c1-36-27(15-11-20-12-16-29(40)30(17-20)47-2)24-13-14-25-31(34(43)38(32(25)41)23-10-6-7-21(18-23)37(45)46)26(24)19-28(36)33(42)39(35(36)44)22-8-4-3-5-9-22/h3-13,15-18,25-28,31,40,45-46H,14,19H2,1-2H3. The number of nitrogens with zero attached hydrogens (tertiary/aromatic N) is 2. The fourth-order valence-electron chi connectivity index (χ4n) is 8.13. The van der Waals surface area contributed by atoms with Crippen molar-refractivity contribution in [3.05, 3.63) is 96.1 Å². The molecule has 238 valence electrons. The Labute approximate surface area is 271 Å². The van der Waals surface area contributed by atoms with Crippen LogP contribution >= 0.6 is 0 Å². The minimum Gasteiger partial charge on any atom is -0.504 e. The van der Waals surface area contributed by atoms with Gasteiger partial charge in [0.25, 0.3) is 0 Å². The third kappa shape index (κ3) is 4.64. The van der Waals surface area contributed by atoms with Gasteiger partial charge in [0.15, 0.2) is 11.5 Å². The molecule has 2 aliphatic carbocycles. The van der Waals surface area contributed by atoms with E-state index in [-0.39, 0.29) is 53.2 Å². The number of carbonyl (C=O) groups excluding carboxylic acids is 4. The number of phenols is 1. The molecule has 7 rings (SSSR count). The molecule has 6 unspecified atom stereocenters. The van der Waals surface area contributed by atoms with Gasteiger partial charge in [-0.3, -0.25) is 24.1 Å². The van der Waals surface area contributed by atoms with E-state index in [1.807, 2.05) is 31.2 Å². The summed E-state index contributed by atoms with van der Waals surface area (Å²) >= 11 is 0. The van der Waals surface area contributed by atoms with Gasteiger partial charge in [0, 0.05) is 5.92 Å². The average molecular weight is 632 g/mol. The monoisotopic (exact) mass is 632 g/mol. The van der Waals surface area contributed by atoms with Crippen LogP contribution in [0.3, 0.4) is 0 Å². The Morgan fingerprint density at radius 3 is 2.34 bits per heavy atom. The molecule has 10 nitrogen and oxygen atoms in total. The SMILES string of the molecule is COc1cc(C=CC2C3=CCC4C(=O)N(c5cccc(B(O)O)c5)C(=O)C4C3CC3C(=O)N(c4ccccc4)C(=O)C23C)ccc1O. The van der Waals surface area contributed by atoms with Gasteiger partial charge in [-0.25, -0.2) is 4.90 Å². The second-order valence-electron chi connectivity index (χ2n) is 12.8. The Hall–Kier alpha value is -5.00. The number of allylic oxidation sites excluding steroid dienone is 3. The predicted molar refractivity (Wildman–Crippen MR) is 174 cm³/mol. The summed E-state index contributed by atoms with van der Waals surface area (Å²) in [6, 6.07) is 19.7. The molecule has 47 heavy (non-hydrogen) atoms. The number of fused-ring (bicyclic) bond motifs is 4. The molecule has 2 heterocycles. The smallest absolute Gasteiger partial charge is 0.488 e. The minimum absolute atomic E-state index is 0.0153. The van der Waals surface area contributed by atoms with Crippen LogP contribution in [0.2, 0.25) is 0 Å². The van der Waals surface area contributed by atoms with Crippen LogP contribution in [0.1, 0.15) is 25.3 Å². The summed E-state index contributed by atoms with van der Waals surface area (Å²) in [7, 11) is -0.316. The number of anilines is 2. The van der Waals surface area contributed by atoms with E-state index in [4.69, 9.17) is 4.74 Å². The van der Waals surface area contributed by atoms with Gasteiger partial charge in [-0.15, -0.1) is 0 Å². The molecule has 4 amide bonds. The van der Waals surface area contributed by atoms with E-state index in [0.29, 0.717) is 11.3 Å². The summed E-state index contributed by atoms with van der Waals surface area (Å²) in [6.07, 6.45) is 6.18. The molecule has 6 atom stereocenters. The molecule has 0 radical (unpaired) electrons. The van der Waals surface area contributed by atoms with E-state index >= 15 is 0 Å². The second-order valence-corrected chi connectivity index (χ2v) is 12.8. The lowest BCUT2D eigenvalue weighted by atomic mass is 9.52. The zero-order valence-electron chi connectivity index (χ0n) is 25.8. The molecule has 11 heteroatoms. The molecular weight excluding hydrogens is 599 g/mol. The Morgan fingerprint density at radius 2 is 1.62 bits per heavy atom. The number of methoxy groups -OCH3 is 1. The Balaban J connectivity index is 1.32. The summed E-state index contributed by atoms with van der Waals surface area (Å²) in [4.78, 5) is 59.0. The van der Waals surface area contributed by atoms with Gasteiger partial charge in [0.1, 0.15) is 0 Å². The Morgan fingerprint density at radius 1 is 0.872 bits per heavy atom. The quantitative estimate of drug-likeness (QED) is 0.214. The van der Waals surface area contributed by atoms with Crippen molar-refractivity contribution in [1.82, 2.24) is 0 Å². The maximum absolute atomic E-state index is 14.4. The second kappa shape index (κ2) is 11.4. The van der Waals surface area contributed by atoms with Crippen molar-refractivity contribution in [3.63, 3.8) is 0 Å². The number of aromatic hydroxyl groups is 1. The zero-order chi connectivity index (χ0) is 33.2. The topological polar surface area (TPSA) is 145 Å². The number of benzene rings is 3. The Bertz CT molecular complexity index is 1870. The third-order valence-corrected chi connectivity index (χ3v) is 10.5. The first-order valence-corrected chi connectivity index (χ1v) is 15.6. The molecule has 3 aromatic rings. The van der Waals surface area contributed by atoms with E-state index in [1.165, 1.54) is 30.2 Å². The van der Waals surface area contributed by atoms with Gasteiger partial charge in [0.2, 0.25) is 23.6 Å². The maximum atomic E-state index is 14.4. The van der Waals surface area contributed by atoms with Gasteiger partial charge >= 0.3 is 7.12 Å². The molecule has 0 aromatic heterocycles. The number of imide groups is 2. The third-order valence-electron chi connectivity index (χ3n) is 10.5. The maximum Gasteiger partial charge on any atom is 0.488 e. The van der Waals surface area contributed by atoms with Crippen molar-refractivity contribution in [2.24, 2.45) is 35.0 Å². The number of hydrogen-bond acceptors (Lipinski definition) is 8. The first kappa shape index (κ1) is 30.6. The summed E-state index contributed by atoms with van der Waals surface area (Å²) < 4.78 is 5.28. The van der Waals surface area contributed by atoms with Gasteiger partial charge in [-0.1, -0.05) is 60.2 Å². The van der Waals surface area contributed by atoms with Crippen LogP contribution < -0.4 is 20.0 Å². The van der Waals surface area contributed by atoms with Crippen molar-refractivity contribution < 1.29 is 39.1 Å². The Kier molecular flexibility index (Phi) is 7.41. The highest BCUT2D eigenvalue weighted by atomic mass is 16.5. The fourth-order valence-corrected chi connectivity index (χ4v) is 8.13. The fraction of sp³-hybridized carbons (Fsp3) is 0.278. The highest BCUT2D eigenvalue weighted by Gasteiger charge is 2.67. The summed E-state index contributed by atoms with van der Waals surface area (Å²) in [5, 5.41) is 29.6. The summed E-state index contributed by atoms with van der Waals surface area (Å²) in [5.74, 6) is -4.43. The van der Waals surface area contributed by atoms with Crippen LogP contribution in [-0.4, -0.2) is 53.0 Å². The molecule has 4 aliphatic rings. The number of para-hydroxylation sites is 1. The molecule has 0 spiro atoms. The van der Waals surface area contributed by atoms with Crippen LogP contribution in [0.4, 0.5) is 11.4 Å². The highest BCUT2D eigenvalue weighted by Crippen LogP contribution is 2.61. The molecule has 2 saturated heterocycles. The summed E-state index contributed by atoms with van der Waals surface area (Å²) in [5.41, 5.74) is 1.25. The van der Waals surface area contributed by atoms with Crippen LogP contribution in [0.15, 0.2) is 90.5 Å². The van der Waals surface area contributed by atoms with Gasteiger partial charge < -0.3 is 19.9 Å². The van der Waals surface area contributed by atoms with Crippen LogP contribution in [0.25, 0.3) is 6.08 Å². The number of ether oxygens (including phenoxy) is 1. The van der Waals surface area contributed by atoms with E-state index in [0.717, 1.165) is 10.5 Å². The number of carbonyl (C=O) groups is 4. The molecule has 1 saturated carbocycles. The molecule has 3 fully saturated rings. The van der Waals surface area contributed by atoms with E-state index < -0.39 is 48.0 Å². The van der Waals surface area contributed by atoms with Gasteiger partial charge in [-0.05, 0) is 73.1 Å². The van der Waals surface area contributed by atoms with Crippen LogP contribution in [0.5, 0.6) is 11.5 Å². The lowest BCUT2D eigenvalue weighted by Gasteiger charge is -2.47. The van der Waals surface area contributed by atoms with Crippen LogP contribution in [0, 0.1) is 35.0 Å². The number of hydrogen-bond donors (Lipinski definition) is 3. The zero-order valence-corrected chi connectivity index (χ0v) is 25.8. The summed E-state index contributed by atoms with van der Waals surface area (Å²) in [6.45, 7) is 1.82. The average Bonchev–Trinajstić information content (AvgIpc) is 3.44. The van der Waals surface area contributed by atoms with Crippen molar-refractivity contribution in [2.75, 3.05) is 16.9 Å². The van der Waals surface area contributed by atoms with Gasteiger partial charge in [-0.2, -0.15) is 0 Å². The molecular formula is C36H33BN2O8. The predicted octanol–water partition coefficient (Wildman–Crippen LogP) is 3.06. The largest absolute Gasteiger partial charge is 0.504 e. The first-order chi connectivity index (χ1) is 22.6. The lowest BCUT2D eigenvalue weighted by molar-refractivity contribution is -0.132. The first-order valence-electron chi connectivity index (χ1n) is 15.6. The van der Waals surface area contributed by atoms with E-state index in [9.17, 15) is 34.3 Å². The van der Waals surface area contributed by atoms with Gasteiger partial charge in [0.05, 0.1) is 41.7 Å². The normalized spacial score (nSPS) is 28.3. The molecule has 3 aromatic carbocycles. The molecule has 2 aliphatic heterocycles. The molecule has 0 bridgehead atoms. The highest BCUT2D eigenvalue weighted by molar-refractivity contribution is 6.58. The number of phenolic OH excluding ortho intramolecular Hbond substituents is 1. The minimum atomic E-state index is -1.77. The van der Waals surface area contributed by atoms with Crippen molar-refractivity contribution in [1.29, 1.82) is 0 Å².